The van der Waals surface area contributed by atoms with Crippen LogP contribution in [0.2, 0.25) is 0 Å². The number of benzene rings is 2. The summed E-state index contributed by atoms with van der Waals surface area (Å²) in [6, 6.07) is 20.2. The van der Waals surface area contributed by atoms with E-state index in [1.165, 1.54) is 36.9 Å². The van der Waals surface area contributed by atoms with Crippen LogP contribution in [0.1, 0.15) is 43.4 Å². The summed E-state index contributed by atoms with van der Waals surface area (Å²) in [6.45, 7) is 5.47. The Balaban J connectivity index is 1.77. The van der Waals surface area contributed by atoms with Gasteiger partial charge < -0.3 is 10.1 Å². The third kappa shape index (κ3) is 4.42. The van der Waals surface area contributed by atoms with Crippen molar-refractivity contribution in [1.29, 1.82) is 0 Å². The third-order valence-electron chi connectivity index (χ3n) is 5.13. The van der Waals surface area contributed by atoms with Gasteiger partial charge in [0, 0.05) is 18.2 Å². The van der Waals surface area contributed by atoms with Crippen LogP contribution >= 0.6 is 0 Å². The molecule has 0 radical (unpaired) electrons. The molecule has 1 heterocycles. The molecular formula is C22H30N2O. The van der Waals surface area contributed by atoms with Gasteiger partial charge >= 0.3 is 0 Å². The molecule has 2 atom stereocenters. The molecule has 0 spiro atoms. The lowest BCUT2D eigenvalue weighted by atomic mass is 9.90. The zero-order valence-corrected chi connectivity index (χ0v) is 15.4. The number of hydrogen-bond donors (Lipinski definition) is 1. The fourth-order valence-electron chi connectivity index (χ4n) is 4.00. The molecule has 0 bridgehead atoms. The molecule has 1 aliphatic heterocycles. The van der Waals surface area contributed by atoms with Crippen LogP contribution in [-0.4, -0.2) is 31.1 Å². The Bertz CT molecular complexity index is 641. The molecule has 1 fully saturated rings. The minimum atomic E-state index is 0.449. The number of hydrogen-bond acceptors (Lipinski definition) is 3. The van der Waals surface area contributed by atoms with Crippen molar-refractivity contribution in [1.82, 2.24) is 10.2 Å². The molecule has 134 valence electrons. The Morgan fingerprint density at radius 2 is 1.84 bits per heavy atom. The number of ether oxygens (including phenoxy) is 1. The topological polar surface area (TPSA) is 24.5 Å². The van der Waals surface area contributed by atoms with Gasteiger partial charge in [-0.2, -0.15) is 0 Å². The van der Waals surface area contributed by atoms with E-state index in [9.17, 15) is 0 Å². The Hall–Kier alpha value is -1.84. The van der Waals surface area contributed by atoms with E-state index >= 15 is 0 Å². The molecule has 0 amide bonds. The van der Waals surface area contributed by atoms with Crippen LogP contribution in [0.3, 0.4) is 0 Å². The first-order valence-electron chi connectivity index (χ1n) is 9.47. The minimum Gasteiger partial charge on any atom is -0.496 e. The van der Waals surface area contributed by atoms with Gasteiger partial charge in [-0.3, -0.25) is 4.90 Å². The molecule has 1 aliphatic rings. The van der Waals surface area contributed by atoms with Crippen molar-refractivity contribution >= 4 is 0 Å². The monoisotopic (exact) mass is 338 g/mol. The summed E-state index contributed by atoms with van der Waals surface area (Å²) in [6.07, 6.45) is 3.67. The van der Waals surface area contributed by atoms with Crippen LogP contribution in [-0.2, 0) is 6.54 Å². The first-order chi connectivity index (χ1) is 12.3. The smallest absolute Gasteiger partial charge is 0.123 e. The van der Waals surface area contributed by atoms with Crippen molar-refractivity contribution in [3.05, 3.63) is 65.7 Å². The molecule has 2 unspecified atom stereocenters. The molecule has 3 nitrogen and oxygen atoms in total. The van der Waals surface area contributed by atoms with E-state index < -0.39 is 0 Å². The number of nitrogens with one attached hydrogen (secondary N) is 1. The SMILES string of the molecule is CCCN1CCCC(NCc2ccccc2OC)C1c1ccccc1. The van der Waals surface area contributed by atoms with E-state index in [2.05, 4.69) is 59.6 Å². The predicted molar refractivity (Wildman–Crippen MR) is 104 cm³/mol. The highest BCUT2D eigenvalue weighted by atomic mass is 16.5. The molecule has 3 rings (SSSR count). The molecule has 0 saturated carbocycles. The van der Waals surface area contributed by atoms with Gasteiger partial charge in [0.1, 0.15) is 5.75 Å². The maximum absolute atomic E-state index is 5.51. The maximum Gasteiger partial charge on any atom is 0.123 e. The second-order valence-corrected chi connectivity index (χ2v) is 6.83. The summed E-state index contributed by atoms with van der Waals surface area (Å²) in [7, 11) is 1.75. The van der Waals surface area contributed by atoms with Crippen LogP contribution in [0.5, 0.6) is 5.75 Å². The lowest BCUT2D eigenvalue weighted by Crippen LogP contribution is -2.48. The Morgan fingerprint density at radius 3 is 2.60 bits per heavy atom. The fourth-order valence-corrected chi connectivity index (χ4v) is 4.00. The lowest BCUT2D eigenvalue weighted by molar-refractivity contribution is 0.111. The molecule has 1 saturated heterocycles. The van der Waals surface area contributed by atoms with Gasteiger partial charge in [0.05, 0.1) is 13.2 Å². The van der Waals surface area contributed by atoms with Crippen LogP contribution in [0, 0.1) is 0 Å². The normalized spacial score (nSPS) is 21.2. The molecule has 2 aromatic rings. The van der Waals surface area contributed by atoms with Crippen LogP contribution in [0.15, 0.2) is 54.6 Å². The van der Waals surface area contributed by atoms with E-state index in [0.29, 0.717) is 12.1 Å². The Morgan fingerprint density at radius 1 is 1.08 bits per heavy atom. The first kappa shape index (κ1) is 18.0. The summed E-state index contributed by atoms with van der Waals surface area (Å²) < 4.78 is 5.51. The largest absolute Gasteiger partial charge is 0.496 e. The van der Waals surface area contributed by atoms with Gasteiger partial charge in [-0.05, 0) is 44.0 Å². The van der Waals surface area contributed by atoms with Crippen molar-refractivity contribution in [2.24, 2.45) is 0 Å². The average Bonchev–Trinajstić information content (AvgIpc) is 2.67. The summed E-state index contributed by atoms with van der Waals surface area (Å²) in [5, 5.41) is 3.83. The van der Waals surface area contributed by atoms with Crippen molar-refractivity contribution < 1.29 is 4.74 Å². The van der Waals surface area contributed by atoms with Crippen molar-refractivity contribution in [3.63, 3.8) is 0 Å². The van der Waals surface area contributed by atoms with Gasteiger partial charge in [0.2, 0.25) is 0 Å². The summed E-state index contributed by atoms with van der Waals surface area (Å²) in [4.78, 5) is 2.65. The minimum absolute atomic E-state index is 0.449. The molecule has 0 aliphatic carbocycles. The highest BCUT2D eigenvalue weighted by molar-refractivity contribution is 5.33. The van der Waals surface area contributed by atoms with E-state index in [1.54, 1.807) is 7.11 Å². The molecule has 0 aromatic heterocycles. The van der Waals surface area contributed by atoms with Crippen molar-refractivity contribution in [2.45, 2.75) is 44.8 Å². The molecule has 3 heteroatoms. The number of nitrogens with zero attached hydrogens (tertiary/aromatic N) is 1. The van der Waals surface area contributed by atoms with Gasteiger partial charge in [-0.1, -0.05) is 55.5 Å². The highest BCUT2D eigenvalue weighted by Crippen LogP contribution is 2.32. The Kier molecular flexibility index (Phi) is 6.48. The van der Waals surface area contributed by atoms with E-state index in [0.717, 1.165) is 18.8 Å². The van der Waals surface area contributed by atoms with Gasteiger partial charge in [0.25, 0.3) is 0 Å². The zero-order chi connectivity index (χ0) is 17.5. The number of methoxy groups -OCH3 is 1. The average molecular weight is 338 g/mol. The number of rotatable bonds is 7. The predicted octanol–water partition coefficient (Wildman–Crippen LogP) is 4.40. The summed E-state index contributed by atoms with van der Waals surface area (Å²) in [5.74, 6) is 0.965. The van der Waals surface area contributed by atoms with Crippen molar-refractivity contribution in [2.75, 3.05) is 20.2 Å². The van der Waals surface area contributed by atoms with Crippen LogP contribution in [0.4, 0.5) is 0 Å². The van der Waals surface area contributed by atoms with E-state index in [4.69, 9.17) is 4.74 Å². The lowest BCUT2D eigenvalue weighted by Gasteiger charge is -2.42. The van der Waals surface area contributed by atoms with Gasteiger partial charge in [0.15, 0.2) is 0 Å². The van der Waals surface area contributed by atoms with Crippen LogP contribution < -0.4 is 10.1 Å². The van der Waals surface area contributed by atoms with Crippen molar-refractivity contribution in [3.8, 4) is 5.75 Å². The second kappa shape index (κ2) is 9.02. The molecule has 25 heavy (non-hydrogen) atoms. The van der Waals surface area contributed by atoms with E-state index in [-0.39, 0.29) is 0 Å². The summed E-state index contributed by atoms with van der Waals surface area (Å²) >= 11 is 0. The number of piperidine rings is 1. The number of likely N-dealkylation sites (tertiary alicyclic amines) is 1. The number of para-hydroxylation sites is 1. The van der Waals surface area contributed by atoms with Gasteiger partial charge in [-0.25, -0.2) is 0 Å². The van der Waals surface area contributed by atoms with Crippen LogP contribution in [0.25, 0.3) is 0 Å². The molecule has 1 N–H and O–H groups in total. The maximum atomic E-state index is 5.51. The third-order valence-corrected chi connectivity index (χ3v) is 5.13. The van der Waals surface area contributed by atoms with Gasteiger partial charge in [-0.15, -0.1) is 0 Å². The molecular weight excluding hydrogens is 308 g/mol. The molecule has 2 aromatic carbocycles. The highest BCUT2D eigenvalue weighted by Gasteiger charge is 2.31. The zero-order valence-electron chi connectivity index (χ0n) is 15.4. The summed E-state index contributed by atoms with van der Waals surface area (Å²) in [5.41, 5.74) is 2.65. The fraction of sp³-hybridized carbons (Fsp3) is 0.455. The quantitative estimate of drug-likeness (QED) is 0.810. The standard InChI is InChI=1S/C22H30N2O/c1-3-15-24-16-9-13-20(22(24)18-10-5-4-6-11-18)23-17-19-12-7-8-14-21(19)25-2/h4-8,10-12,14,20,22-23H,3,9,13,15-17H2,1-2H3. The van der Waals surface area contributed by atoms with E-state index in [1.807, 2.05) is 12.1 Å². The second-order valence-electron chi connectivity index (χ2n) is 6.83. The Labute approximate surface area is 152 Å². The first-order valence-corrected chi connectivity index (χ1v) is 9.47.